The number of halogens is 1. The highest BCUT2D eigenvalue weighted by Gasteiger charge is 2.13. The SMILES string of the molecule is COc1ccc(NC(=O)Nc2cc(-c3c(Br)cnn3C)cc(N(C)C)c2)cc1. The van der Waals surface area contributed by atoms with Crippen molar-refractivity contribution in [2.75, 3.05) is 36.7 Å². The van der Waals surface area contributed by atoms with Crippen molar-refractivity contribution in [1.82, 2.24) is 9.78 Å². The lowest BCUT2D eigenvalue weighted by atomic mass is 10.1. The Kier molecular flexibility index (Phi) is 5.89. The van der Waals surface area contributed by atoms with Crippen LogP contribution in [-0.4, -0.2) is 37.0 Å². The van der Waals surface area contributed by atoms with Crippen molar-refractivity contribution in [2.45, 2.75) is 0 Å². The topological polar surface area (TPSA) is 71.4 Å². The summed E-state index contributed by atoms with van der Waals surface area (Å²) < 4.78 is 7.81. The van der Waals surface area contributed by atoms with Crippen molar-refractivity contribution in [3.8, 4) is 17.0 Å². The van der Waals surface area contributed by atoms with E-state index in [1.807, 2.05) is 44.2 Å². The first-order chi connectivity index (χ1) is 13.4. The van der Waals surface area contributed by atoms with E-state index in [0.717, 1.165) is 27.2 Å². The number of benzene rings is 2. The first-order valence-electron chi connectivity index (χ1n) is 8.59. The summed E-state index contributed by atoms with van der Waals surface area (Å²) in [6, 6.07) is 12.7. The predicted molar refractivity (Wildman–Crippen MR) is 116 cm³/mol. The molecule has 28 heavy (non-hydrogen) atoms. The maximum Gasteiger partial charge on any atom is 0.323 e. The number of aryl methyl sites for hydroxylation is 1. The van der Waals surface area contributed by atoms with Gasteiger partial charge in [-0.15, -0.1) is 0 Å². The van der Waals surface area contributed by atoms with Gasteiger partial charge in [0.05, 0.1) is 23.5 Å². The number of hydrogen-bond donors (Lipinski definition) is 2. The fraction of sp³-hybridized carbons (Fsp3) is 0.200. The fourth-order valence-electron chi connectivity index (χ4n) is 2.78. The Morgan fingerprint density at radius 2 is 1.79 bits per heavy atom. The van der Waals surface area contributed by atoms with Gasteiger partial charge >= 0.3 is 6.03 Å². The number of hydrogen-bond acceptors (Lipinski definition) is 4. The third-order valence-electron chi connectivity index (χ3n) is 4.21. The number of nitrogens with one attached hydrogen (secondary N) is 2. The Bertz CT molecular complexity index is 963. The molecule has 3 rings (SSSR count). The average molecular weight is 444 g/mol. The summed E-state index contributed by atoms with van der Waals surface area (Å²) in [5, 5.41) is 10.00. The van der Waals surface area contributed by atoms with E-state index in [1.165, 1.54) is 0 Å². The molecular formula is C20H22BrN5O2. The van der Waals surface area contributed by atoms with E-state index in [9.17, 15) is 4.79 Å². The molecule has 0 saturated heterocycles. The van der Waals surface area contributed by atoms with Crippen LogP contribution in [0.3, 0.4) is 0 Å². The molecule has 0 radical (unpaired) electrons. The molecule has 3 aromatic rings. The first kappa shape index (κ1) is 19.8. The second kappa shape index (κ2) is 8.35. The van der Waals surface area contributed by atoms with Gasteiger partial charge in [-0.25, -0.2) is 4.79 Å². The summed E-state index contributed by atoms with van der Waals surface area (Å²) in [5.41, 5.74) is 4.20. The van der Waals surface area contributed by atoms with Crippen LogP contribution in [-0.2, 0) is 7.05 Å². The zero-order valence-electron chi connectivity index (χ0n) is 16.2. The molecule has 0 saturated carbocycles. The molecule has 0 bridgehead atoms. The van der Waals surface area contributed by atoms with Gasteiger partial charge in [0.15, 0.2) is 0 Å². The second-order valence-corrected chi connectivity index (χ2v) is 7.29. The monoisotopic (exact) mass is 443 g/mol. The third-order valence-corrected chi connectivity index (χ3v) is 4.79. The molecule has 0 spiro atoms. The lowest BCUT2D eigenvalue weighted by Gasteiger charge is -2.17. The number of ether oxygens (including phenoxy) is 1. The molecule has 0 aliphatic heterocycles. The number of carbonyl (C=O) groups is 1. The van der Waals surface area contributed by atoms with E-state index in [-0.39, 0.29) is 6.03 Å². The van der Waals surface area contributed by atoms with Crippen LogP contribution in [0.1, 0.15) is 0 Å². The molecule has 2 N–H and O–H groups in total. The smallest absolute Gasteiger partial charge is 0.323 e. The molecule has 1 aromatic heterocycles. The molecule has 0 aliphatic carbocycles. The summed E-state index contributed by atoms with van der Waals surface area (Å²) in [6.07, 6.45) is 1.75. The van der Waals surface area contributed by atoms with Gasteiger partial charge in [-0.3, -0.25) is 4.68 Å². The van der Waals surface area contributed by atoms with Crippen LogP contribution >= 0.6 is 15.9 Å². The average Bonchev–Trinajstić information content (AvgIpc) is 3.00. The van der Waals surface area contributed by atoms with Crippen molar-refractivity contribution in [3.05, 3.63) is 53.1 Å². The number of nitrogens with zero attached hydrogens (tertiary/aromatic N) is 3. The summed E-state index contributed by atoms with van der Waals surface area (Å²) >= 11 is 3.54. The van der Waals surface area contributed by atoms with Crippen molar-refractivity contribution in [2.24, 2.45) is 7.05 Å². The van der Waals surface area contributed by atoms with Crippen LogP contribution < -0.4 is 20.3 Å². The zero-order chi connectivity index (χ0) is 20.3. The number of anilines is 3. The standard InChI is InChI=1S/C20H22BrN5O2/c1-25(2)16-10-13(19-18(21)12-22-26(19)3)9-15(11-16)24-20(27)23-14-5-7-17(28-4)8-6-14/h5-12H,1-4H3,(H2,23,24,27). The van der Waals surface area contributed by atoms with Crippen LogP contribution in [0.15, 0.2) is 53.1 Å². The van der Waals surface area contributed by atoms with Crippen LogP contribution in [0.4, 0.5) is 21.9 Å². The fourth-order valence-corrected chi connectivity index (χ4v) is 3.36. The van der Waals surface area contributed by atoms with E-state index >= 15 is 0 Å². The molecule has 1 heterocycles. The predicted octanol–water partition coefficient (Wildman–Crippen LogP) is 4.57. The van der Waals surface area contributed by atoms with E-state index in [0.29, 0.717) is 11.4 Å². The van der Waals surface area contributed by atoms with E-state index in [4.69, 9.17) is 4.74 Å². The number of carbonyl (C=O) groups excluding carboxylic acids is 1. The van der Waals surface area contributed by atoms with Crippen molar-refractivity contribution < 1.29 is 9.53 Å². The molecule has 0 unspecified atom stereocenters. The highest BCUT2D eigenvalue weighted by atomic mass is 79.9. The number of methoxy groups -OCH3 is 1. The van der Waals surface area contributed by atoms with Crippen LogP contribution in [0, 0.1) is 0 Å². The number of urea groups is 1. The van der Waals surface area contributed by atoms with Gasteiger partial charge in [0.1, 0.15) is 5.75 Å². The number of rotatable bonds is 5. The van der Waals surface area contributed by atoms with E-state index in [1.54, 1.807) is 42.3 Å². The van der Waals surface area contributed by atoms with Crippen LogP contribution in [0.25, 0.3) is 11.3 Å². The number of aromatic nitrogens is 2. The second-order valence-electron chi connectivity index (χ2n) is 6.44. The third kappa shape index (κ3) is 4.45. The molecule has 7 nitrogen and oxygen atoms in total. The molecule has 8 heteroatoms. The molecule has 2 aromatic carbocycles. The lowest BCUT2D eigenvalue weighted by molar-refractivity contribution is 0.262. The molecule has 0 fully saturated rings. The molecule has 0 aliphatic rings. The Labute approximate surface area is 172 Å². The van der Waals surface area contributed by atoms with Crippen molar-refractivity contribution in [3.63, 3.8) is 0 Å². The summed E-state index contributed by atoms with van der Waals surface area (Å²) in [7, 11) is 7.40. The van der Waals surface area contributed by atoms with Crippen molar-refractivity contribution >= 4 is 39.0 Å². The van der Waals surface area contributed by atoms with Gasteiger partial charge in [-0.2, -0.15) is 5.10 Å². The quantitative estimate of drug-likeness (QED) is 0.605. The highest BCUT2D eigenvalue weighted by Crippen LogP contribution is 2.33. The highest BCUT2D eigenvalue weighted by molar-refractivity contribution is 9.10. The molecule has 0 atom stereocenters. The summed E-state index contributed by atoms with van der Waals surface area (Å²) in [4.78, 5) is 14.4. The minimum atomic E-state index is -0.323. The van der Waals surface area contributed by atoms with Crippen molar-refractivity contribution in [1.29, 1.82) is 0 Å². The minimum Gasteiger partial charge on any atom is -0.497 e. The Morgan fingerprint density at radius 3 is 2.36 bits per heavy atom. The van der Waals surface area contributed by atoms with Gasteiger partial charge in [-0.1, -0.05) is 0 Å². The largest absolute Gasteiger partial charge is 0.497 e. The summed E-state index contributed by atoms with van der Waals surface area (Å²) in [6.45, 7) is 0. The van der Waals surface area contributed by atoms with Gasteiger partial charge in [0, 0.05) is 43.8 Å². The lowest BCUT2D eigenvalue weighted by Crippen LogP contribution is -2.20. The normalized spacial score (nSPS) is 10.5. The van der Waals surface area contributed by atoms with Crippen LogP contribution in [0.2, 0.25) is 0 Å². The Balaban J connectivity index is 1.85. The van der Waals surface area contributed by atoms with Gasteiger partial charge in [0.2, 0.25) is 0 Å². The van der Waals surface area contributed by atoms with E-state index < -0.39 is 0 Å². The van der Waals surface area contributed by atoms with Gasteiger partial charge in [0.25, 0.3) is 0 Å². The molecule has 2 amide bonds. The molecule has 146 valence electrons. The maximum atomic E-state index is 12.5. The maximum absolute atomic E-state index is 12.5. The minimum absolute atomic E-state index is 0.323. The Hall–Kier alpha value is -3.00. The molecular weight excluding hydrogens is 422 g/mol. The van der Waals surface area contributed by atoms with E-state index in [2.05, 4.69) is 31.7 Å². The van der Waals surface area contributed by atoms with Crippen LogP contribution in [0.5, 0.6) is 5.75 Å². The summed E-state index contributed by atoms with van der Waals surface area (Å²) in [5.74, 6) is 0.732. The Morgan fingerprint density at radius 1 is 1.11 bits per heavy atom. The van der Waals surface area contributed by atoms with Gasteiger partial charge in [-0.05, 0) is 58.4 Å². The number of amides is 2. The zero-order valence-corrected chi connectivity index (χ0v) is 17.7. The van der Waals surface area contributed by atoms with Gasteiger partial charge < -0.3 is 20.3 Å². The first-order valence-corrected chi connectivity index (χ1v) is 9.39.